The number of rotatable bonds is 13. The lowest BCUT2D eigenvalue weighted by Gasteiger charge is -2.32. The van der Waals surface area contributed by atoms with Gasteiger partial charge in [-0.1, -0.05) is 26.0 Å². The molecule has 2 aliphatic heterocycles. The first kappa shape index (κ1) is 33.3. The zero-order chi connectivity index (χ0) is 31.8. The van der Waals surface area contributed by atoms with Crippen LogP contribution >= 0.6 is 0 Å². The van der Waals surface area contributed by atoms with Crippen LogP contribution in [0.15, 0.2) is 24.3 Å². The summed E-state index contributed by atoms with van der Waals surface area (Å²) in [5.41, 5.74) is 11.8. The average Bonchev–Trinajstić information content (AvgIpc) is 3.65. The van der Waals surface area contributed by atoms with E-state index in [0.717, 1.165) is 0 Å². The summed E-state index contributed by atoms with van der Waals surface area (Å²) in [6, 6.07) is 1.06. The Morgan fingerprint density at radius 2 is 1.40 bits per heavy atom. The van der Waals surface area contributed by atoms with Gasteiger partial charge in [0.25, 0.3) is 0 Å². The number of benzene rings is 1. The first-order valence-corrected chi connectivity index (χ1v) is 14.6. The molecule has 5 atom stereocenters. The van der Waals surface area contributed by atoms with Gasteiger partial charge in [-0.25, -0.2) is 4.79 Å². The van der Waals surface area contributed by atoms with E-state index >= 15 is 0 Å². The summed E-state index contributed by atoms with van der Waals surface area (Å²) in [5.74, 6) is -4.24. The molecule has 2 aliphatic rings. The van der Waals surface area contributed by atoms with Gasteiger partial charge in [0.1, 0.15) is 29.9 Å². The van der Waals surface area contributed by atoms with E-state index in [-0.39, 0.29) is 49.8 Å². The number of hydrogen-bond donors (Lipinski definition) is 6. The Morgan fingerprint density at radius 1 is 0.884 bits per heavy atom. The Balaban J connectivity index is 1.81. The minimum atomic E-state index is -1.37. The number of nitrogens with zero attached hydrogens (tertiary/aromatic N) is 2. The van der Waals surface area contributed by atoms with Crippen LogP contribution in [0.4, 0.5) is 0 Å². The van der Waals surface area contributed by atoms with Crippen molar-refractivity contribution < 1.29 is 39.0 Å². The molecule has 14 nitrogen and oxygen atoms in total. The van der Waals surface area contributed by atoms with Crippen LogP contribution in [-0.4, -0.2) is 98.8 Å². The molecule has 2 saturated heterocycles. The van der Waals surface area contributed by atoms with Crippen LogP contribution in [-0.2, 0) is 35.2 Å². The van der Waals surface area contributed by atoms with Crippen molar-refractivity contribution in [3.05, 3.63) is 29.8 Å². The maximum Gasteiger partial charge on any atom is 0.326 e. The molecule has 0 unspecified atom stereocenters. The molecule has 14 heteroatoms. The largest absolute Gasteiger partial charge is 0.508 e. The summed E-state index contributed by atoms with van der Waals surface area (Å²) in [7, 11) is 0. The van der Waals surface area contributed by atoms with E-state index in [9.17, 15) is 39.0 Å². The summed E-state index contributed by atoms with van der Waals surface area (Å²) in [4.78, 5) is 79.2. The Labute approximate surface area is 250 Å². The SMILES string of the molecule is CC(C)[C@H](N)C(=O)N1CCC[C@H]1C(=O)N[C@@H](Cc1ccc(O)cc1)C(=O)N1CCC[C@H]1C(=O)N[C@@H](CCC(N)=O)C(=O)O. The van der Waals surface area contributed by atoms with E-state index < -0.39 is 59.8 Å². The number of aliphatic carboxylic acids is 1. The Kier molecular flexibility index (Phi) is 11.5. The zero-order valence-electron chi connectivity index (χ0n) is 24.5. The predicted octanol–water partition coefficient (Wildman–Crippen LogP) is -0.780. The van der Waals surface area contributed by atoms with Crippen LogP contribution in [0.2, 0.25) is 0 Å². The van der Waals surface area contributed by atoms with Gasteiger partial charge >= 0.3 is 5.97 Å². The standard InChI is InChI=1S/C29H42N6O8/c1-16(2)24(31)28(41)35-14-4-6-22(35)26(39)33-20(15-17-7-9-18(36)10-8-17)27(40)34-13-3-5-21(34)25(38)32-19(29(42)43)11-12-23(30)37/h7-10,16,19-22,24,36H,3-6,11-15,31H2,1-2H3,(H2,30,37)(H,32,38)(H,33,39)(H,42,43)/t19-,20-,21-,22-,24-/m0/s1. The summed E-state index contributed by atoms with van der Waals surface area (Å²) >= 11 is 0. The van der Waals surface area contributed by atoms with Crippen LogP contribution < -0.4 is 22.1 Å². The number of nitrogens with two attached hydrogens (primary N) is 2. The molecule has 0 bridgehead atoms. The van der Waals surface area contributed by atoms with Crippen molar-refractivity contribution >= 4 is 35.5 Å². The summed E-state index contributed by atoms with van der Waals surface area (Å²) in [5, 5.41) is 24.4. The molecule has 0 aliphatic carbocycles. The summed E-state index contributed by atoms with van der Waals surface area (Å²) in [6.45, 7) is 4.20. The molecule has 2 heterocycles. The van der Waals surface area contributed by atoms with Crippen molar-refractivity contribution in [2.24, 2.45) is 17.4 Å². The van der Waals surface area contributed by atoms with Crippen LogP contribution in [0.3, 0.4) is 0 Å². The molecule has 0 spiro atoms. The molecule has 1 aromatic rings. The second-order valence-corrected chi connectivity index (χ2v) is 11.5. The van der Waals surface area contributed by atoms with Crippen LogP contribution in [0.1, 0.15) is 57.9 Å². The number of phenolic OH excluding ortho intramolecular Hbond substituents is 1. The first-order valence-electron chi connectivity index (χ1n) is 14.6. The van der Waals surface area contributed by atoms with Gasteiger partial charge in [-0.2, -0.15) is 0 Å². The molecule has 43 heavy (non-hydrogen) atoms. The minimum absolute atomic E-state index is 0.0258. The minimum Gasteiger partial charge on any atom is -0.508 e. The van der Waals surface area contributed by atoms with Crippen molar-refractivity contribution in [2.75, 3.05) is 13.1 Å². The molecule has 2 fully saturated rings. The fourth-order valence-corrected chi connectivity index (χ4v) is 5.43. The number of carboxylic acid groups (broad SMARTS) is 1. The van der Waals surface area contributed by atoms with E-state index in [4.69, 9.17) is 11.5 Å². The number of nitrogens with one attached hydrogen (secondary N) is 2. The van der Waals surface area contributed by atoms with E-state index in [2.05, 4.69) is 10.6 Å². The Bertz CT molecular complexity index is 1210. The molecular formula is C29H42N6O8. The molecule has 1 aromatic carbocycles. The average molecular weight is 603 g/mol. The number of carbonyl (C=O) groups is 6. The molecule has 0 saturated carbocycles. The van der Waals surface area contributed by atoms with Gasteiger partial charge in [0.15, 0.2) is 0 Å². The smallest absolute Gasteiger partial charge is 0.326 e. The highest BCUT2D eigenvalue weighted by molar-refractivity contribution is 5.96. The highest BCUT2D eigenvalue weighted by Crippen LogP contribution is 2.23. The monoisotopic (exact) mass is 602 g/mol. The fraction of sp³-hybridized carbons (Fsp3) is 0.586. The van der Waals surface area contributed by atoms with E-state index in [1.54, 1.807) is 12.1 Å². The third-order valence-corrected chi connectivity index (χ3v) is 7.97. The number of amides is 5. The highest BCUT2D eigenvalue weighted by Gasteiger charge is 2.41. The first-order chi connectivity index (χ1) is 20.3. The molecule has 0 aromatic heterocycles. The van der Waals surface area contributed by atoms with Gasteiger partial charge in [0, 0.05) is 25.9 Å². The number of likely N-dealkylation sites (tertiary alicyclic amines) is 2. The number of hydrogen-bond acceptors (Lipinski definition) is 8. The molecule has 236 valence electrons. The maximum absolute atomic E-state index is 13.9. The lowest BCUT2D eigenvalue weighted by Crippen LogP contribution is -2.58. The topological polar surface area (TPSA) is 225 Å². The van der Waals surface area contributed by atoms with Gasteiger partial charge in [0.05, 0.1) is 6.04 Å². The molecule has 8 N–H and O–H groups in total. The van der Waals surface area contributed by atoms with Crippen LogP contribution in [0, 0.1) is 5.92 Å². The van der Waals surface area contributed by atoms with Crippen molar-refractivity contribution in [1.82, 2.24) is 20.4 Å². The fourth-order valence-electron chi connectivity index (χ4n) is 5.43. The second kappa shape index (κ2) is 14.8. The number of aromatic hydroxyl groups is 1. The Hall–Kier alpha value is -4.20. The van der Waals surface area contributed by atoms with Gasteiger partial charge in [-0.05, 0) is 55.7 Å². The van der Waals surface area contributed by atoms with Crippen LogP contribution in [0.25, 0.3) is 0 Å². The normalized spacial score (nSPS) is 20.4. The number of primary amides is 1. The van der Waals surface area contributed by atoms with Crippen molar-refractivity contribution in [3.63, 3.8) is 0 Å². The van der Waals surface area contributed by atoms with Gasteiger partial charge < -0.3 is 42.1 Å². The van der Waals surface area contributed by atoms with Crippen molar-refractivity contribution in [1.29, 1.82) is 0 Å². The lowest BCUT2D eigenvalue weighted by atomic mass is 10.0. The Morgan fingerprint density at radius 3 is 1.88 bits per heavy atom. The van der Waals surface area contributed by atoms with E-state index in [1.807, 2.05) is 13.8 Å². The predicted molar refractivity (Wildman–Crippen MR) is 154 cm³/mol. The quantitative estimate of drug-likeness (QED) is 0.166. The molecule has 0 radical (unpaired) electrons. The van der Waals surface area contributed by atoms with Crippen LogP contribution in [0.5, 0.6) is 5.75 Å². The summed E-state index contributed by atoms with van der Waals surface area (Å²) < 4.78 is 0. The zero-order valence-corrected chi connectivity index (χ0v) is 24.5. The molecular weight excluding hydrogens is 560 g/mol. The van der Waals surface area contributed by atoms with Gasteiger partial charge in [-0.3, -0.25) is 24.0 Å². The molecule has 3 rings (SSSR count). The van der Waals surface area contributed by atoms with Gasteiger partial charge in [0.2, 0.25) is 29.5 Å². The molecule has 5 amide bonds. The number of carboxylic acids is 1. The number of phenols is 1. The lowest BCUT2D eigenvalue weighted by molar-refractivity contribution is -0.145. The highest BCUT2D eigenvalue weighted by atomic mass is 16.4. The van der Waals surface area contributed by atoms with Crippen molar-refractivity contribution in [3.8, 4) is 5.75 Å². The second-order valence-electron chi connectivity index (χ2n) is 11.5. The summed E-state index contributed by atoms with van der Waals surface area (Å²) in [6.07, 6.45) is 1.34. The third-order valence-electron chi connectivity index (χ3n) is 7.97. The van der Waals surface area contributed by atoms with Gasteiger partial charge in [-0.15, -0.1) is 0 Å². The van der Waals surface area contributed by atoms with E-state index in [1.165, 1.54) is 21.9 Å². The van der Waals surface area contributed by atoms with E-state index in [0.29, 0.717) is 31.4 Å². The number of carbonyl (C=O) groups excluding carboxylic acids is 5. The third kappa shape index (κ3) is 8.66. The maximum atomic E-state index is 13.9. The van der Waals surface area contributed by atoms with Crippen molar-refractivity contribution in [2.45, 2.75) is 89.0 Å².